The van der Waals surface area contributed by atoms with E-state index in [-0.39, 0.29) is 5.92 Å². The van der Waals surface area contributed by atoms with E-state index in [9.17, 15) is 0 Å². The molecule has 0 bridgehead atoms. The molecule has 0 aromatic heterocycles. The lowest BCUT2D eigenvalue weighted by Gasteiger charge is -2.20. The average molecular weight is 671 g/mol. The molecule has 1 atom stereocenters. The number of hydrogen-bond acceptors (Lipinski definition) is 0. The van der Waals surface area contributed by atoms with Crippen LogP contribution in [-0.2, 0) is 0 Å². The minimum atomic E-state index is 0.136. The van der Waals surface area contributed by atoms with Crippen molar-refractivity contribution in [2.75, 3.05) is 0 Å². The van der Waals surface area contributed by atoms with E-state index in [0.29, 0.717) is 0 Å². The van der Waals surface area contributed by atoms with Crippen molar-refractivity contribution in [2.24, 2.45) is 0 Å². The second-order valence-electron chi connectivity index (χ2n) is 14.4. The second-order valence-corrected chi connectivity index (χ2v) is 14.4. The number of benzene rings is 10. The van der Waals surface area contributed by atoms with Gasteiger partial charge in [-0.15, -0.1) is 0 Å². The molecule has 0 aliphatic heterocycles. The maximum absolute atomic E-state index is 2.37. The zero-order valence-corrected chi connectivity index (χ0v) is 29.1. The second kappa shape index (κ2) is 11.9. The maximum atomic E-state index is 2.37. The molecular weight excluding hydrogens is 637 g/mol. The quantitative estimate of drug-likeness (QED) is 0.164. The topological polar surface area (TPSA) is 0 Å². The summed E-state index contributed by atoms with van der Waals surface area (Å²) >= 11 is 0. The minimum absolute atomic E-state index is 0.136. The first-order chi connectivity index (χ1) is 26.3. The molecule has 10 aromatic carbocycles. The summed E-state index contributed by atoms with van der Waals surface area (Å²) in [4.78, 5) is 0. The van der Waals surface area contributed by atoms with Crippen LogP contribution in [0.1, 0.15) is 22.6 Å². The van der Waals surface area contributed by atoms with E-state index >= 15 is 0 Å². The molecule has 246 valence electrons. The van der Waals surface area contributed by atoms with Crippen LogP contribution in [0.5, 0.6) is 0 Å². The summed E-state index contributed by atoms with van der Waals surface area (Å²) in [6.45, 7) is 0. The molecule has 10 aromatic rings. The predicted molar refractivity (Wildman–Crippen MR) is 226 cm³/mol. The fourth-order valence-electron chi connectivity index (χ4n) is 9.17. The Balaban J connectivity index is 1.04. The molecule has 1 unspecified atom stereocenters. The van der Waals surface area contributed by atoms with Gasteiger partial charge in [0.1, 0.15) is 0 Å². The summed E-state index contributed by atoms with van der Waals surface area (Å²) in [7, 11) is 0. The molecule has 0 saturated carbocycles. The molecule has 0 spiro atoms. The van der Waals surface area contributed by atoms with Gasteiger partial charge >= 0.3 is 0 Å². The van der Waals surface area contributed by atoms with Gasteiger partial charge in [-0.25, -0.2) is 0 Å². The third-order valence-electron chi connectivity index (χ3n) is 11.5. The van der Waals surface area contributed by atoms with Crippen LogP contribution in [0, 0.1) is 0 Å². The van der Waals surface area contributed by atoms with Gasteiger partial charge in [0.2, 0.25) is 0 Å². The molecule has 0 N–H and O–H groups in total. The van der Waals surface area contributed by atoms with Gasteiger partial charge < -0.3 is 0 Å². The smallest absolute Gasteiger partial charge is 0.0358 e. The third-order valence-corrected chi connectivity index (χ3v) is 11.5. The van der Waals surface area contributed by atoms with Gasteiger partial charge in [-0.3, -0.25) is 0 Å². The summed E-state index contributed by atoms with van der Waals surface area (Å²) in [5, 5.41) is 10.2. The molecule has 0 fully saturated rings. The van der Waals surface area contributed by atoms with Crippen LogP contribution in [-0.4, -0.2) is 0 Å². The highest BCUT2D eigenvalue weighted by Gasteiger charge is 2.32. The van der Waals surface area contributed by atoms with E-state index in [2.05, 4.69) is 200 Å². The maximum Gasteiger partial charge on any atom is 0.0358 e. The molecule has 11 rings (SSSR count). The van der Waals surface area contributed by atoms with Gasteiger partial charge in [-0.1, -0.05) is 188 Å². The van der Waals surface area contributed by atoms with E-state index in [1.54, 1.807) is 0 Å². The van der Waals surface area contributed by atoms with Crippen molar-refractivity contribution in [1.82, 2.24) is 0 Å². The van der Waals surface area contributed by atoms with Crippen molar-refractivity contribution in [3.63, 3.8) is 0 Å². The van der Waals surface area contributed by atoms with Crippen molar-refractivity contribution in [3.05, 3.63) is 217 Å². The largest absolute Gasteiger partial charge is 0.0619 e. The van der Waals surface area contributed by atoms with E-state index in [0.717, 1.165) is 0 Å². The number of hydrogen-bond donors (Lipinski definition) is 0. The average Bonchev–Trinajstić information content (AvgIpc) is 3.57. The Hall–Kier alpha value is -6.76. The van der Waals surface area contributed by atoms with Crippen molar-refractivity contribution in [3.8, 4) is 44.5 Å². The highest BCUT2D eigenvalue weighted by Crippen LogP contribution is 2.52. The molecule has 0 nitrogen and oxygen atoms in total. The van der Waals surface area contributed by atoms with Crippen molar-refractivity contribution in [2.45, 2.75) is 5.92 Å². The molecule has 0 saturated heterocycles. The minimum Gasteiger partial charge on any atom is -0.0619 e. The number of rotatable bonds is 4. The Bertz CT molecular complexity index is 2930. The first-order valence-electron chi connectivity index (χ1n) is 18.5. The summed E-state index contributed by atoms with van der Waals surface area (Å²) in [6.07, 6.45) is 0. The van der Waals surface area contributed by atoms with Crippen LogP contribution >= 0.6 is 0 Å². The van der Waals surface area contributed by atoms with E-state index in [4.69, 9.17) is 0 Å². The predicted octanol–water partition coefficient (Wildman–Crippen LogP) is 14.5. The van der Waals surface area contributed by atoms with Crippen LogP contribution in [0.15, 0.2) is 200 Å². The van der Waals surface area contributed by atoms with Crippen LogP contribution in [0.4, 0.5) is 0 Å². The van der Waals surface area contributed by atoms with Crippen molar-refractivity contribution in [1.29, 1.82) is 0 Å². The van der Waals surface area contributed by atoms with Gasteiger partial charge in [0.15, 0.2) is 0 Å². The Kier molecular flexibility index (Phi) is 6.72. The summed E-state index contributed by atoms with van der Waals surface area (Å²) in [6, 6.07) is 74.3. The molecular formula is C53H34. The van der Waals surface area contributed by atoms with Gasteiger partial charge in [0, 0.05) is 5.92 Å². The van der Waals surface area contributed by atoms with Crippen LogP contribution in [0.3, 0.4) is 0 Å². The summed E-state index contributed by atoms with van der Waals surface area (Å²) in [5.41, 5.74) is 14.4. The monoisotopic (exact) mass is 670 g/mol. The van der Waals surface area contributed by atoms with Gasteiger partial charge in [0.25, 0.3) is 0 Å². The van der Waals surface area contributed by atoms with E-state index in [1.165, 1.54) is 104 Å². The summed E-state index contributed by atoms with van der Waals surface area (Å²) < 4.78 is 0. The van der Waals surface area contributed by atoms with Crippen LogP contribution in [0.2, 0.25) is 0 Å². The molecule has 1 aliphatic carbocycles. The normalized spacial score (nSPS) is 13.5. The molecule has 53 heavy (non-hydrogen) atoms. The van der Waals surface area contributed by atoms with Crippen molar-refractivity contribution >= 4 is 43.1 Å². The third kappa shape index (κ3) is 4.69. The van der Waals surface area contributed by atoms with Crippen molar-refractivity contribution < 1.29 is 0 Å². The highest BCUT2D eigenvalue weighted by molar-refractivity contribution is 6.14. The zero-order chi connectivity index (χ0) is 34.9. The first-order valence-corrected chi connectivity index (χ1v) is 18.5. The highest BCUT2D eigenvalue weighted by atomic mass is 14.3. The fourth-order valence-corrected chi connectivity index (χ4v) is 9.17. The number of fused-ring (bicyclic) bond motifs is 7. The molecule has 0 radical (unpaired) electrons. The fraction of sp³-hybridized carbons (Fsp3) is 0.0189. The van der Waals surface area contributed by atoms with E-state index < -0.39 is 0 Å². The SMILES string of the molecule is c1ccc2c(c1)-c1cccc(-c3ccc(-c4c5ccccc5cc5ccccc45)cc3)c1C2c1ccc(-c2c3ccccc3cc3ccccc23)cc1. The van der Waals surface area contributed by atoms with E-state index in [1.807, 2.05) is 0 Å². The molecule has 1 aliphatic rings. The van der Waals surface area contributed by atoms with Gasteiger partial charge in [0.05, 0.1) is 0 Å². The van der Waals surface area contributed by atoms with Gasteiger partial charge in [-0.2, -0.15) is 0 Å². The van der Waals surface area contributed by atoms with Crippen LogP contribution < -0.4 is 0 Å². The lowest BCUT2D eigenvalue weighted by molar-refractivity contribution is 1.02. The first kappa shape index (κ1) is 29.9. The summed E-state index contributed by atoms with van der Waals surface area (Å²) in [5.74, 6) is 0.136. The Morgan fingerprint density at radius 3 is 1.21 bits per heavy atom. The molecule has 0 amide bonds. The standard InChI is InChI=1S/C53H34/c1-5-16-43-38(12-1)32-39-13-2-6-17-44(39)50(43)35-26-24-34(25-27-35)42-22-11-23-49-47-20-9-10-21-48(47)52(53(42)49)37-30-28-36(29-31-37)51-45-18-7-3-14-40(45)33-41-15-4-8-19-46(41)51/h1-33,52H. The Labute approximate surface area is 309 Å². The lowest BCUT2D eigenvalue weighted by atomic mass is 9.83. The zero-order valence-electron chi connectivity index (χ0n) is 29.1. The molecule has 0 heterocycles. The Morgan fingerprint density at radius 2 is 0.679 bits per heavy atom. The van der Waals surface area contributed by atoms with Crippen LogP contribution in [0.25, 0.3) is 87.6 Å². The van der Waals surface area contributed by atoms with Gasteiger partial charge in [-0.05, 0) is 116 Å². The lowest BCUT2D eigenvalue weighted by Crippen LogP contribution is -2.01. The Morgan fingerprint density at radius 1 is 0.283 bits per heavy atom. The molecule has 0 heteroatoms.